The maximum atomic E-state index is 13.2. The Morgan fingerprint density at radius 2 is 1.89 bits per heavy atom. The third kappa shape index (κ3) is 5.22. The van der Waals surface area contributed by atoms with Gasteiger partial charge in [-0.25, -0.2) is 9.50 Å². The molecule has 0 spiro atoms. The molecule has 2 aromatic carbocycles. The van der Waals surface area contributed by atoms with Crippen molar-refractivity contribution in [2.24, 2.45) is 0 Å². The second-order valence-electron chi connectivity index (χ2n) is 8.11. The second kappa shape index (κ2) is 9.91. The van der Waals surface area contributed by atoms with Crippen molar-refractivity contribution in [3.63, 3.8) is 0 Å². The van der Waals surface area contributed by atoms with Crippen LogP contribution in [0.5, 0.6) is 5.75 Å². The number of aryl methyl sites for hydroxylation is 2. The molecule has 2 aromatic heterocycles. The number of alkyl halides is 3. The highest BCUT2D eigenvalue weighted by atomic mass is 19.4. The first-order valence-corrected chi connectivity index (χ1v) is 11.1. The van der Waals surface area contributed by atoms with Gasteiger partial charge in [0, 0.05) is 30.3 Å². The average Bonchev–Trinajstić information content (AvgIpc) is 3.18. The summed E-state index contributed by atoms with van der Waals surface area (Å²) in [5.41, 5.74) is 3.14. The quantitative estimate of drug-likeness (QED) is 0.350. The van der Waals surface area contributed by atoms with Crippen LogP contribution < -0.4 is 10.1 Å². The fraction of sp³-hybridized carbons (Fsp3) is 0.320. The SMILES string of the molecule is COCCOc1ccc(C(F)(F)F)cc1NC(=O)CCc1c(C)nc2c3ccccc3nn2c1C. The molecule has 0 atom stereocenters. The molecule has 1 N–H and O–H groups in total. The number of ether oxygens (including phenoxy) is 2. The van der Waals surface area contributed by atoms with Gasteiger partial charge in [0.05, 0.1) is 23.4 Å². The summed E-state index contributed by atoms with van der Waals surface area (Å²) in [6.45, 7) is 4.17. The molecule has 0 radical (unpaired) electrons. The van der Waals surface area contributed by atoms with Crippen LogP contribution >= 0.6 is 0 Å². The molecule has 0 aliphatic rings. The van der Waals surface area contributed by atoms with Crippen molar-refractivity contribution >= 4 is 28.1 Å². The zero-order chi connectivity index (χ0) is 25.2. The van der Waals surface area contributed by atoms with Gasteiger partial charge in [0.1, 0.15) is 12.4 Å². The summed E-state index contributed by atoms with van der Waals surface area (Å²) in [6.07, 6.45) is -4.15. The monoisotopic (exact) mass is 486 g/mol. The van der Waals surface area contributed by atoms with E-state index in [0.717, 1.165) is 45.6 Å². The van der Waals surface area contributed by atoms with Crippen LogP contribution in [0.25, 0.3) is 16.6 Å². The Kier molecular flexibility index (Phi) is 6.93. The molecule has 10 heteroatoms. The predicted octanol–water partition coefficient (Wildman–Crippen LogP) is 5.11. The summed E-state index contributed by atoms with van der Waals surface area (Å²) in [7, 11) is 1.49. The van der Waals surface area contributed by atoms with E-state index < -0.39 is 17.6 Å². The number of aromatic nitrogens is 3. The first-order valence-electron chi connectivity index (χ1n) is 11.1. The van der Waals surface area contributed by atoms with Gasteiger partial charge in [0.15, 0.2) is 5.65 Å². The van der Waals surface area contributed by atoms with Crippen molar-refractivity contribution < 1.29 is 27.4 Å². The molecule has 4 rings (SSSR count). The summed E-state index contributed by atoms with van der Waals surface area (Å²) in [4.78, 5) is 17.4. The van der Waals surface area contributed by atoms with E-state index in [9.17, 15) is 18.0 Å². The number of rotatable bonds is 8. The molecule has 0 saturated heterocycles. The van der Waals surface area contributed by atoms with Crippen LogP contribution in [0.4, 0.5) is 18.9 Å². The number of carbonyl (C=O) groups is 1. The molecule has 0 aliphatic heterocycles. The number of carbonyl (C=O) groups excluding carboxylic acids is 1. The molecule has 1 amide bonds. The molecule has 0 aliphatic carbocycles. The number of fused-ring (bicyclic) bond motifs is 3. The molecule has 0 bridgehead atoms. The van der Waals surface area contributed by atoms with E-state index >= 15 is 0 Å². The smallest absolute Gasteiger partial charge is 0.416 e. The predicted molar refractivity (Wildman–Crippen MR) is 126 cm³/mol. The van der Waals surface area contributed by atoms with Gasteiger partial charge in [-0.15, -0.1) is 0 Å². The number of benzene rings is 2. The fourth-order valence-electron chi connectivity index (χ4n) is 3.95. The summed E-state index contributed by atoms with van der Waals surface area (Å²) in [5.74, 6) is -0.299. The van der Waals surface area contributed by atoms with Gasteiger partial charge in [-0.3, -0.25) is 4.79 Å². The number of methoxy groups -OCH3 is 1. The lowest BCUT2D eigenvalue weighted by atomic mass is 10.1. The highest BCUT2D eigenvalue weighted by Crippen LogP contribution is 2.35. The van der Waals surface area contributed by atoms with Gasteiger partial charge in [-0.2, -0.15) is 18.3 Å². The fourth-order valence-corrected chi connectivity index (χ4v) is 3.95. The molecule has 0 unspecified atom stereocenters. The van der Waals surface area contributed by atoms with Crippen molar-refractivity contribution in [1.82, 2.24) is 14.6 Å². The largest absolute Gasteiger partial charge is 0.489 e. The zero-order valence-corrected chi connectivity index (χ0v) is 19.6. The molecule has 35 heavy (non-hydrogen) atoms. The second-order valence-corrected chi connectivity index (χ2v) is 8.11. The minimum Gasteiger partial charge on any atom is -0.489 e. The van der Waals surface area contributed by atoms with Gasteiger partial charge in [0.25, 0.3) is 0 Å². The van der Waals surface area contributed by atoms with Gasteiger partial charge in [-0.1, -0.05) is 12.1 Å². The number of halogens is 3. The third-order valence-corrected chi connectivity index (χ3v) is 5.75. The maximum absolute atomic E-state index is 13.2. The number of anilines is 1. The van der Waals surface area contributed by atoms with Crippen molar-refractivity contribution in [3.8, 4) is 5.75 Å². The van der Waals surface area contributed by atoms with E-state index in [1.54, 1.807) is 4.52 Å². The Bertz CT molecular complexity index is 1380. The van der Waals surface area contributed by atoms with E-state index in [1.807, 2.05) is 38.1 Å². The molecule has 7 nitrogen and oxygen atoms in total. The van der Waals surface area contributed by atoms with Crippen molar-refractivity contribution in [2.45, 2.75) is 32.9 Å². The number of hydrogen-bond acceptors (Lipinski definition) is 5. The van der Waals surface area contributed by atoms with Crippen molar-refractivity contribution in [3.05, 3.63) is 65.0 Å². The summed E-state index contributed by atoms with van der Waals surface area (Å²) in [5, 5.41) is 8.12. The lowest BCUT2D eigenvalue weighted by Gasteiger charge is -2.16. The average molecular weight is 486 g/mol. The zero-order valence-electron chi connectivity index (χ0n) is 19.6. The Labute approximate surface area is 199 Å². The Morgan fingerprint density at radius 3 is 2.63 bits per heavy atom. The summed E-state index contributed by atoms with van der Waals surface area (Å²) < 4.78 is 51.8. The summed E-state index contributed by atoms with van der Waals surface area (Å²) in [6, 6.07) is 10.7. The Balaban J connectivity index is 1.54. The topological polar surface area (TPSA) is 77.8 Å². The molecular weight excluding hydrogens is 461 g/mol. The van der Waals surface area contributed by atoms with Crippen LogP contribution in [0.3, 0.4) is 0 Å². The lowest BCUT2D eigenvalue weighted by molar-refractivity contribution is -0.137. The summed E-state index contributed by atoms with van der Waals surface area (Å²) >= 11 is 0. The number of hydrogen-bond donors (Lipinski definition) is 1. The number of amides is 1. The normalized spacial score (nSPS) is 11.8. The number of nitrogens with zero attached hydrogens (tertiary/aromatic N) is 3. The molecule has 2 heterocycles. The van der Waals surface area contributed by atoms with Crippen LogP contribution in [0.1, 0.15) is 28.9 Å². The lowest BCUT2D eigenvalue weighted by Crippen LogP contribution is -2.16. The molecule has 184 valence electrons. The van der Waals surface area contributed by atoms with E-state index in [1.165, 1.54) is 13.2 Å². The van der Waals surface area contributed by atoms with Gasteiger partial charge in [0.2, 0.25) is 5.91 Å². The van der Waals surface area contributed by atoms with Crippen LogP contribution in [0, 0.1) is 13.8 Å². The number of nitrogens with one attached hydrogen (secondary N) is 1. The third-order valence-electron chi connectivity index (χ3n) is 5.75. The van der Waals surface area contributed by atoms with E-state index in [-0.39, 0.29) is 31.1 Å². The van der Waals surface area contributed by atoms with Crippen LogP contribution in [0.15, 0.2) is 42.5 Å². The van der Waals surface area contributed by atoms with Crippen LogP contribution in [-0.2, 0) is 22.1 Å². The van der Waals surface area contributed by atoms with E-state index in [0.29, 0.717) is 6.42 Å². The minimum absolute atomic E-state index is 0.0405. The van der Waals surface area contributed by atoms with E-state index in [2.05, 4.69) is 10.4 Å². The molecule has 4 aromatic rings. The molecule has 0 fully saturated rings. The first-order chi connectivity index (χ1) is 16.7. The van der Waals surface area contributed by atoms with Gasteiger partial charge in [-0.05, 0) is 56.2 Å². The van der Waals surface area contributed by atoms with Gasteiger partial charge >= 0.3 is 6.18 Å². The highest BCUT2D eigenvalue weighted by molar-refractivity contribution is 5.93. The molecular formula is C25H25F3N4O3. The molecule has 0 saturated carbocycles. The van der Waals surface area contributed by atoms with Crippen molar-refractivity contribution in [2.75, 3.05) is 25.6 Å². The van der Waals surface area contributed by atoms with Crippen LogP contribution in [-0.4, -0.2) is 40.8 Å². The van der Waals surface area contributed by atoms with Gasteiger partial charge < -0.3 is 14.8 Å². The van der Waals surface area contributed by atoms with Crippen LogP contribution in [0.2, 0.25) is 0 Å². The van der Waals surface area contributed by atoms with Crippen molar-refractivity contribution in [1.29, 1.82) is 0 Å². The minimum atomic E-state index is -4.55. The first kappa shape index (κ1) is 24.5. The Hall–Kier alpha value is -3.66. The highest BCUT2D eigenvalue weighted by Gasteiger charge is 2.31. The van der Waals surface area contributed by atoms with E-state index in [4.69, 9.17) is 14.5 Å². The Morgan fingerprint density at radius 1 is 1.11 bits per heavy atom. The maximum Gasteiger partial charge on any atom is 0.416 e. The standard InChI is InChI=1S/C25H25F3N4O3/c1-15-18(16(2)32-24(29-15)19-6-4-5-7-20(19)31-32)9-11-23(33)30-21-14-17(25(26,27)28)8-10-22(21)35-13-12-34-3/h4-8,10,14H,9,11-13H2,1-3H3,(H,30,33).